The fourth-order valence-corrected chi connectivity index (χ4v) is 4.02. The predicted molar refractivity (Wildman–Crippen MR) is 127 cm³/mol. The molecule has 4 heterocycles. The van der Waals surface area contributed by atoms with E-state index < -0.39 is 22.9 Å². The van der Waals surface area contributed by atoms with E-state index in [1.54, 1.807) is 18.2 Å². The lowest BCUT2D eigenvalue weighted by molar-refractivity contribution is -0.389. The molecule has 1 saturated heterocycles. The van der Waals surface area contributed by atoms with E-state index in [2.05, 4.69) is 20.5 Å². The maximum Gasteiger partial charge on any atom is 0.414 e. The van der Waals surface area contributed by atoms with Crippen molar-refractivity contribution < 1.29 is 33.1 Å². The molecule has 2 amide bonds. The Labute approximate surface area is 214 Å². The van der Waals surface area contributed by atoms with Crippen molar-refractivity contribution in [1.29, 1.82) is 0 Å². The van der Waals surface area contributed by atoms with Gasteiger partial charge < -0.3 is 29.6 Å². The second-order valence-corrected chi connectivity index (χ2v) is 8.66. The number of rotatable bonds is 8. The average molecular weight is 527 g/mol. The summed E-state index contributed by atoms with van der Waals surface area (Å²) in [5.41, 5.74) is 1.31. The summed E-state index contributed by atoms with van der Waals surface area (Å²) in [6.07, 6.45) is -0.244. The van der Waals surface area contributed by atoms with Gasteiger partial charge in [0.2, 0.25) is 5.91 Å². The number of aromatic nitrogens is 4. The van der Waals surface area contributed by atoms with Crippen LogP contribution in [0.4, 0.5) is 20.7 Å². The number of anilines is 1. The molecule has 2 aliphatic rings. The number of nitrogens with one attached hydrogen (secondary N) is 1. The van der Waals surface area contributed by atoms with Crippen LogP contribution in [0.3, 0.4) is 0 Å². The number of cyclic esters (lactones) is 1. The molecular weight excluding hydrogens is 505 g/mol. The van der Waals surface area contributed by atoms with E-state index in [1.807, 2.05) is 0 Å². The summed E-state index contributed by atoms with van der Waals surface area (Å²) in [4.78, 5) is 38.6. The molecule has 1 N–H and O–H groups in total. The molecule has 2 aliphatic heterocycles. The molecule has 38 heavy (non-hydrogen) atoms. The summed E-state index contributed by atoms with van der Waals surface area (Å²) in [5, 5.41) is 21.7. The van der Waals surface area contributed by atoms with Crippen molar-refractivity contribution in [2.75, 3.05) is 24.6 Å². The highest BCUT2D eigenvalue weighted by molar-refractivity contribution is 5.90. The van der Waals surface area contributed by atoms with E-state index in [4.69, 9.17) is 14.2 Å². The third-order valence-electron chi connectivity index (χ3n) is 5.89. The van der Waals surface area contributed by atoms with Crippen LogP contribution in [-0.4, -0.2) is 68.6 Å². The molecule has 2 atom stereocenters. The quantitative estimate of drug-likeness (QED) is 0.338. The van der Waals surface area contributed by atoms with Crippen molar-refractivity contribution in [1.82, 2.24) is 25.1 Å². The van der Waals surface area contributed by atoms with Gasteiger partial charge in [-0.3, -0.25) is 14.3 Å². The maximum absolute atomic E-state index is 14.9. The number of fused-ring (bicyclic) bond motifs is 1. The summed E-state index contributed by atoms with van der Waals surface area (Å²) in [7, 11) is 0. The zero-order valence-corrected chi connectivity index (χ0v) is 20.1. The maximum atomic E-state index is 14.9. The van der Waals surface area contributed by atoms with Gasteiger partial charge in [0, 0.05) is 17.5 Å². The molecule has 0 bridgehead atoms. The number of nitro groups is 1. The summed E-state index contributed by atoms with van der Waals surface area (Å²) in [5.74, 6) is -1.13. The van der Waals surface area contributed by atoms with Crippen LogP contribution in [0.25, 0.3) is 11.3 Å². The van der Waals surface area contributed by atoms with Crippen LogP contribution in [0, 0.1) is 15.9 Å². The van der Waals surface area contributed by atoms with Gasteiger partial charge in [0.1, 0.15) is 30.8 Å². The van der Waals surface area contributed by atoms with Crippen LogP contribution in [0.5, 0.6) is 6.01 Å². The number of nitrogens with zero attached hydrogens (tertiary/aromatic N) is 6. The van der Waals surface area contributed by atoms with Gasteiger partial charge in [-0.1, -0.05) is 0 Å². The number of carbonyl (C=O) groups excluding carboxylic acids is 2. The third kappa shape index (κ3) is 5.36. The molecule has 0 spiro atoms. The molecular formula is C23H22FN7O7. The van der Waals surface area contributed by atoms with Gasteiger partial charge in [-0.05, 0) is 35.3 Å². The first-order valence-corrected chi connectivity index (χ1v) is 11.6. The first-order chi connectivity index (χ1) is 18.3. The number of hydrogen-bond donors (Lipinski definition) is 1. The van der Waals surface area contributed by atoms with Crippen molar-refractivity contribution in [3.05, 3.63) is 58.2 Å². The minimum absolute atomic E-state index is 0.103. The van der Waals surface area contributed by atoms with Crippen molar-refractivity contribution >= 4 is 23.5 Å². The average Bonchev–Trinajstić information content (AvgIpc) is 3.49. The minimum Gasteiger partial charge on any atom is -0.443 e. The second kappa shape index (κ2) is 10.4. The molecule has 198 valence electrons. The van der Waals surface area contributed by atoms with Gasteiger partial charge in [0.25, 0.3) is 0 Å². The lowest BCUT2D eigenvalue weighted by Gasteiger charge is -2.22. The lowest BCUT2D eigenvalue weighted by atomic mass is 10.1. The standard InChI is InChI=1S/C23H22FN7O7/c1-13(32)25-7-16-9-30(23(33)38-16)15-3-4-18(19(24)6-15)20-5-2-14(27-28-20)11-36-17-8-29-10-21(31(34)35)26-22(29)37-12-17/h2-6,10,16-17H,7-9,11-12H2,1H3,(H,25,32)/t16-,17-/m0/s1. The third-order valence-corrected chi connectivity index (χ3v) is 5.89. The van der Waals surface area contributed by atoms with E-state index in [1.165, 1.54) is 34.7 Å². The van der Waals surface area contributed by atoms with Crippen LogP contribution in [0.15, 0.2) is 36.5 Å². The Morgan fingerprint density at radius 3 is 2.84 bits per heavy atom. The van der Waals surface area contributed by atoms with Crippen LogP contribution in [-0.2, 0) is 27.4 Å². The Kier molecular flexibility index (Phi) is 6.83. The summed E-state index contributed by atoms with van der Waals surface area (Å²) in [6, 6.07) is 7.72. The molecule has 0 unspecified atom stereocenters. The van der Waals surface area contributed by atoms with Crippen molar-refractivity contribution in [3.63, 3.8) is 0 Å². The van der Waals surface area contributed by atoms with Crippen LogP contribution in [0.2, 0.25) is 0 Å². The molecule has 5 rings (SSSR count). The highest BCUT2D eigenvalue weighted by Gasteiger charge is 2.33. The number of imidazole rings is 1. The van der Waals surface area contributed by atoms with E-state index >= 15 is 0 Å². The van der Waals surface area contributed by atoms with Crippen LogP contribution >= 0.6 is 0 Å². The minimum atomic E-state index is -0.623. The number of benzene rings is 1. The Hall–Kier alpha value is -4.66. The molecule has 2 aromatic heterocycles. The molecule has 3 aromatic rings. The highest BCUT2D eigenvalue weighted by atomic mass is 19.1. The number of amides is 2. The smallest absolute Gasteiger partial charge is 0.414 e. The van der Waals surface area contributed by atoms with E-state index in [9.17, 15) is 24.1 Å². The Balaban J connectivity index is 1.18. The molecule has 1 aromatic carbocycles. The van der Waals surface area contributed by atoms with E-state index in [-0.39, 0.29) is 55.7 Å². The number of halogens is 1. The summed E-state index contributed by atoms with van der Waals surface area (Å²) in [6.45, 7) is 2.33. The van der Waals surface area contributed by atoms with Gasteiger partial charge in [0.05, 0.1) is 43.3 Å². The highest BCUT2D eigenvalue weighted by Crippen LogP contribution is 2.28. The lowest BCUT2D eigenvalue weighted by Crippen LogP contribution is -2.33. The van der Waals surface area contributed by atoms with Crippen LogP contribution < -0.4 is 15.0 Å². The van der Waals surface area contributed by atoms with Crippen molar-refractivity contribution in [2.45, 2.75) is 32.3 Å². The molecule has 0 saturated carbocycles. The normalized spacial score (nSPS) is 18.5. The monoisotopic (exact) mass is 527 g/mol. The second-order valence-electron chi connectivity index (χ2n) is 8.66. The largest absolute Gasteiger partial charge is 0.443 e. The fourth-order valence-electron chi connectivity index (χ4n) is 4.02. The number of carbonyl (C=O) groups is 2. The first kappa shape index (κ1) is 25.0. The number of hydrogen-bond acceptors (Lipinski definition) is 10. The van der Waals surface area contributed by atoms with Gasteiger partial charge in [-0.25, -0.2) is 9.18 Å². The zero-order chi connectivity index (χ0) is 26.8. The SMILES string of the molecule is CC(=O)NC[C@H]1CN(c2ccc(-c3ccc(CO[C@@H]4COc5nc([N+](=O)[O-])cn5C4)nn3)c(F)c2)C(=O)O1. The van der Waals surface area contributed by atoms with Crippen molar-refractivity contribution in [3.8, 4) is 17.3 Å². The van der Waals surface area contributed by atoms with E-state index in [0.717, 1.165) is 0 Å². The molecule has 1 fully saturated rings. The topological polar surface area (TPSA) is 164 Å². The van der Waals surface area contributed by atoms with Gasteiger partial charge in [-0.2, -0.15) is 10.2 Å². The summed E-state index contributed by atoms with van der Waals surface area (Å²) < 4.78 is 32.9. The predicted octanol–water partition coefficient (Wildman–Crippen LogP) is 1.83. The molecule has 15 heteroatoms. The Bertz CT molecular complexity index is 1380. The Morgan fingerprint density at radius 1 is 1.29 bits per heavy atom. The fraction of sp³-hybridized carbons (Fsp3) is 0.348. The Morgan fingerprint density at radius 2 is 2.13 bits per heavy atom. The number of ether oxygens (including phenoxy) is 3. The molecule has 0 radical (unpaired) electrons. The van der Waals surface area contributed by atoms with Gasteiger partial charge in [-0.15, -0.1) is 0 Å². The molecule has 0 aliphatic carbocycles. The van der Waals surface area contributed by atoms with Crippen molar-refractivity contribution in [2.24, 2.45) is 0 Å². The van der Waals surface area contributed by atoms with E-state index in [0.29, 0.717) is 23.6 Å². The first-order valence-electron chi connectivity index (χ1n) is 11.6. The molecule has 14 nitrogen and oxygen atoms in total. The van der Waals surface area contributed by atoms with Gasteiger partial charge in [0.15, 0.2) is 0 Å². The van der Waals surface area contributed by atoms with Gasteiger partial charge >= 0.3 is 17.9 Å². The zero-order valence-electron chi connectivity index (χ0n) is 20.1. The summed E-state index contributed by atoms with van der Waals surface area (Å²) >= 11 is 0. The van der Waals surface area contributed by atoms with Crippen LogP contribution in [0.1, 0.15) is 12.6 Å².